The molecule has 0 bridgehead atoms. The van der Waals surface area contributed by atoms with Gasteiger partial charge in [-0.3, -0.25) is 9.59 Å². The second-order valence-corrected chi connectivity index (χ2v) is 5.07. The highest BCUT2D eigenvalue weighted by atomic mass is 16.3. The van der Waals surface area contributed by atoms with E-state index in [4.69, 9.17) is 5.11 Å². The Bertz CT molecular complexity index is 305. The van der Waals surface area contributed by atoms with Crippen molar-refractivity contribution in [3.8, 4) is 0 Å². The summed E-state index contributed by atoms with van der Waals surface area (Å²) in [5.41, 5.74) is 0. The van der Waals surface area contributed by atoms with Gasteiger partial charge in [-0.25, -0.2) is 0 Å². The van der Waals surface area contributed by atoms with Crippen LogP contribution in [0.3, 0.4) is 0 Å². The van der Waals surface area contributed by atoms with Crippen LogP contribution in [-0.4, -0.2) is 59.5 Å². The van der Waals surface area contributed by atoms with Crippen molar-refractivity contribution in [1.29, 1.82) is 0 Å². The first kappa shape index (κ1) is 12.4. The summed E-state index contributed by atoms with van der Waals surface area (Å²) >= 11 is 0. The summed E-state index contributed by atoms with van der Waals surface area (Å²) in [6.45, 7) is 4.53. The third-order valence-electron chi connectivity index (χ3n) is 3.82. The van der Waals surface area contributed by atoms with Crippen molar-refractivity contribution in [2.75, 3.05) is 32.8 Å². The van der Waals surface area contributed by atoms with Gasteiger partial charge >= 0.3 is 0 Å². The molecule has 5 heteroatoms. The molecule has 0 atom stereocenters. The summed E-state index contributed by atoms with van der Waals surface area (Å²) in [6.07, 6.45) is 1.55. The average Bonchev–Trinajstić information content (AvgIpc) is 2.27. The first-order valence-corrected chi connectivity index (χ1v) is 6.27. The van der Waals surface area contributed by atoms with E-state index in [9.17, 15) is 9.59 Å². The van der Waals surface area contributed by atoms with Gasteiger partial charge in [-0.2, -0.15) is 0 Å². The van der Waals surface area contributed by atoms with E-state index < -0.39 is 0 Å². The number of nitrogens with zero attached hydrogens (tertiary/aromatic N) is 2. The van der Waals surface area contributed by atoms with Gasteiger partial charge in [0.15, 0.2) is 0 Å². The lowest BCUT2D eigenvalue weighted by molar-refractivity contribution is -0.146. The van der Waals surface area contributed by atoms with E-state index in [0.717, 1.165) is 12.8 Å². The van der Waals surface area contributed by atoms with Crippen molar-refractivity contribution in [1.82, 2.24) is 9.80 Å². The summed E-state index contributed by atoms with van der Waals surface area (Å²) < 4.78 is 0. The van der Waals surface area contributed by atoms with Gasteiger partial charge in [0.25, 0.3) is 0 Å². The molecule has 0 aliphatic carbocycles. The molecule has 17 heavy (non-hydrogen) atoms. The Labute approximate surface area is 101 Å². The molecule has 2 aliphatic rings. The van der Waals surface area contributed by atoms with Crippen LogP contribution in [0.5, 0.6) is 0 Å². The van der Waals surface area contributed by atoms with E-state index in [1.54, 1.807) is 11.8 Å². The second kappa shape index (κ2) is 5.04. The molecule has 0 aromatic carbocycles. The number of amides is 2. The number of hydrogen-bond acceptors (Lipinski definition) is 3. The van der Waals surface area contributed by atoms with Crippen molar-refractivity contribution < 1.29 is 14.7 Å². The topological polar surface area (TPSA) is 60.9 Å². The van der Waals surface area contributed by atoms with Crippen molar-refractivity contribution >= 4 is 11.8 Å². The van der Waals surface area contributed by atoms with E-state index in [1.807, 2.05) is 4.90 Å². The molecule has 0 saturated carbocycles. The van der Waals surface area contributed by atoms with Crippen LogP contribution in [-0.2, 0) is 9.59 Å². The monoisotopic (exact) mass is 240 g/mol. The number of carbonyl (C=O) groups is 2. The molecule has 1 N–H and O–H groups in total. The Morgan fingerprint density at radius 1 is 1.18 bits per heavy atom. The molecule has 0 radical (unpaired) electrons. The Morgan fingerprint density at radius 2 is 1.76 bits per heavy atom. The van der Waals surface area contributed by atoms with Gasteiger partial charge in [-0.1, -0.05) is 0 Å². The smallest absolute Gasteiger partial charge is 0.225 e. The SMILES string of the molecule is CC(=O)N1CCC(C(=O)N2CC(CO)C2)CC1. The highest BCUT2D eigenvalue weighted by Gasteiger charge is 2.35. The van der Waals surface area contributed by atoms with Gasteiger partial charge in [0, 0.05) is 51.5 Å². The minimum atomic E-state index is 0.0743. The van der Waals surface area contributed by atoms with Gasteiger partial charge < -0.3 is 14.9 Å². The largest absolute Gasteiger partial charge is 0.396 e. The fraction of sp³-hybridized carbons (Fsp3) is 0.833. The number of rotatable bonds is 2. The molecule has 2 heterocycles. The Kier molecular flexibility index (Phi) is 3.66. The minimum absolute atomic E-state index is 0.0743. The third kappa shape index (κ3) is 2.60. The summed E-state index contributed by atoms with van der Waals surface area (Å²) in [5.74, 6) is 0.652. The summed E-state index contributed by atoms with van der Waals surface area (Å²) in [7, 11) is 0. The molecule has 96 valence electrons. The third-order valence-corrected chi connectivity index (χ3v) is 3.82. The van der Waals surface area contributed by atoms with Crippen LogP contribution in [0.25, 0.3) is 0 Å². The number of likely N-dealkylation sites (tertiary alicyclic amines) is 2. The fourth-order valence-electron chi connectivity index (χ4n) is 2.56. The highest BCUT2D eigenvalue weighted by molar-refractivity contribution is 5.80. The lowest BCUT2D eigenvalue weighted by atomic mass is 9.92. The van der Waals surface area contributed by atoms with Crippen LogP contribution >= 0.6 is 0 Å². The summed E-state index contributed by atoms with van der Waals surface area (Å²) in [4.78, 5) is 26.9. The molecule has 0 aromatic rings. The van der Waals surface area contributed by atoms with Crippen molar-refractivity contribution in [2.45, 2.75) is 19.8 Å². The quantitative estimate of drug-likeness (QED) is 0.720. The van der Waals surface area contributed by atoms with Crippen LogP contribution in [0.15, 0.2) is 0 Å². The molecule has 0 spiro atoms. The predicted octanol–water partition coefficient (Wildman–Crippen LogP) is -0.304. The fourth-order valence-corrected chi connectivity index (χ4v) is 2.56. The highest BCUT2D eigenvalue weighted by Crippen LogP contribution is 2.24. The van der Waals surface area contributed by atoms with Crippen LogP contribution < -0.4 is 0 Å². The maximum Gasteiger partial charge on any atom is 0.225 e. The molecule has 2 aliphatic heterocycles. The lowest BCUT2D eigenvalue weighted by Gasteiger charge is -2.41. The van der Waals surface area contributed by atoms with E-state index in [0.29, 0.717) is 26.2 Å². The Hall–Kier alpha value is -1.10. The number of aliphatic hydroxyl groups is 1. The molecule has 2 saturated heterocycles. The summed E-state index contributed by atoms with van der Waals surface area (Å²) in [6, 6.07) is 0. The average molecular weight is 240 g/mol. The molecule has 2 amide bonds. The zero-order chi connectivity index (χ0) is 12.4. The first-order valence-electron chi connectivity index (χ1n) is 6.27. The van der Waals surface area contributed by atoms with Crippen molar-refractivity contribution in [3.63, 3.8) is 0 Å². The summed E-state index contributed by atoms with van der Waals surface area (Å²) in [5, 5.41) is 8.91. The first-order chi connectivity index (χ1) is 8.11. The number of aliphatic hydroxyl groups excluding tert-OH is 1. The molecule has 0 aromatic heterocycles. The van der Waals surface area contributed by atoms with Gasteiger partial charge in [-0.05, 0) is 12.8 Å². The normalized spacial score (nSPS) is 22.5. The van der Waals surface area contributed by atoms with Gasteiger partial charge in [-0.15, -0.1) is 0 Å². The van der Waals surface area contributed by atoms with Gasteiger partial charge in [0.2, 0.25) is 11.8 Å². The standard InChI is InChI=1S/C12H20N2O3/c1-9(16)13-4-2-11(3-5-13)12(17)14-6-10(7-14)8-15/h10-11,15H,2-8H2,1H3. The zero-order valence-corrected chi connectivity index (χ0v) is 10.3. The predicted molar refractivity (Wildman–Crippen MR) is 62.1 cm³/mol. The molecule has 5 nitrogen and oxygen atoms in total. The maximum absolute atomic E-state index is 12.1. The maximum atomic E-state index is 12.1. The van der Waals surface area contributed by atoms with E-state index in [1.165, 1.54) is 0 Å². The number of hydrogen-bond donors (Lipinski definition) is 1. The zero-order valence-electron chi connectivity index (χ0n) is 10.3. The second-order valence-electron chi connectivity index (χ2n) is 5.07. The van der Waals surface area contributed by atoms with Crippen LogP contribution in [0.2, 0.25) is 0 Å². The van der Waals surface area contributed by atoms with Gasteiger partial charge in [0.1, 0.15) is 0 Å². The van der Waals surface area contributed by atoms with E-state index >= 15 is 0 Å². The van der Waals surface area contributed by atoms with Crippen molar-refractivity contribution in [2.24, 2.45) is 11.8 Å². The Morgan fingerprint density at radius 3 is 2.24 bits per heavy atom. The number of carbonyl (C=O) groups excluding carboxylic acids is 2. The van der Waals surface area contributed by atoms with E-state index in [-0.39, 0.29) is 30.3 Å². The van der Waals surface area contributed by atoms with Crippen LogP contribution in [0.4, 0.5) is 0 Å². The molecule has 0 unspecified atom stereocenters. The lowest BCUT2D eigenvalue weighted by Crippen LogP contribution is -2.54. The number of piperidine rings is 1. The van der Waals surface area contributed by atoms with Crippen LogP contribution in [0, 0.1) is 11.8 Å². The molecular weight excluding hydrogens is 220 g/mol. The molecular formula is C12H20N2O3. The Balaban J connectivity index is 1.77. The van der Waals surface area contributed by atoms with Crippen LogP contribution in [0.1, 0.15) is 19.8 Å². The van der Waals surface area contributed by atoms with Crippen molar-refractivity contribution in [3.05, 3.63) is 0 Å². The molecule has 2 rings (SSSR count). The van der Waals surface area contributed by atoms with E-state index in [2.05, 4.69) is 0 Å². The minimum Gasteiger partial charge on any atom is -0.396 e. The van der Waals surface area contributed by atoms with Gasteiger partial charge in [0.05, 0.1) is 0 Å². The molecule has 2 fully saturated rings.